The molecule has 2 aromatic rings. The molecule has 194 valence electrons. The van der Waals surface area contributed by atoms with E-state index in [0.29, 0.717) is 42.9 Å². The Balaban J connectivity index is 1.48. The van der Waals surface area contributed by atoms with Gasteiger partial charge in [-0.05, 0) is 63.3 Å². The van der Waals surface area contributed by atoms with Crippen molar-refractivity contribution in [1.29, 1.82) is 0 Å². The van der Waals surface area contributed by atoms with Crippen LogP contribution >= 0.6 is 11.6 Å². The number of hydrogen-bond acceptors (Lipinski definition) is 5. The van der Waals surface area contributed by atoms with Gasteiger partial charge < -0.3 is 20.1 Å². The van der Waals surface area contributed by atoms with Crippen LogP contribution in [-0.2, 0) is 9.53 Å². The molecule has 0 heterocycles. The normalized spacial score (nSPS) is 17.2. The SMILES string of the molecule is CCOC(=O)C1CCC(Oc2cc(F)c(C(=O)NCCNC(=O)c3ccc(Cl)c(C)c3)c(F)c2)CC1. The third kappa shape index (κ3) is 7.16. The average molecular weight is 523 g/mol. The van der Waals surface area contributed by atoms with Gasteiger partial charge in [0.15, 0.2) is 0 Å². The third-order valence-corrected chi connectivity index (χ3v) is 6.38. The number of carbonyl (C=O) groups is 3. The van der Waals surface area contributed by atoms with E-state index in [1.165, 1.54) is 0 Å². The summed E-state index contributed by atoms with van der Waals surface area (Å²) >= 11 is 5.95. The van der Waals surface area contributed by atoms with Crippen molar-refractivity contribution < 1.29 is 32.6 Å². The summed E-state index contributed by atoms with van der Waals surface area (Å²) in [5, 5.41) is 5.56. The Hall–Kier alpha value is -3.20. The fourth-order valence-corrected chi connectivity index (χ4v) is 4.15. The van der Waals surface area contributed by atoms with Crippen LogP contribution in [0, 0.1) is 24.5 Å². The summed E-state index contributed by atoms with van der Waals surface area (Å²) in [7, 11) is 0. The van der Waals surface area contributed by atoms with E-state index in [-0.39, 0.29) is 42.7 Å². The van der Waals surface area contributed by atoms with Crippen LogP contribution in [0.4, 0.5) is 8.78 Å². The maximum Gasteiger partial charge on any atom is 0.308 e. The molecule has 2 N–H and O–H groups in total. The highest BCUT2D eigenvalue weighted by Gasteiger charge is 2.29. The van der Waals surface area contributed by atoms with Gasteiger partial charge in [0.2, 0.25) is 0 Å². The van der Waals surface area contributed by atoms with Gasteiger partial charge in [0, 0.05) is 35.8 Å². The van der Waals surface area contributed by atoms with Gasteiger partial charge >= 0.3 is 5.97 Å². The van der Waals surface area contributed by atoms with Crippen molar-refractivity contribution in [3.05, 3.63) is 63.7 Å². The van der Waals surface area contributed by atoms with E-state index in [2.05, 4.69) is 10.6 Å². The van der Waals surface area contributed by atoms with Crippen molar-refractivity contribution in [1.82, 2.24) is 10.6 Å². The summed E-state index contributed by atoms with van der Waals surface area (Å²) < 4.78 is 39.9. The van der Waals surface area contributed by atoms with Crippen LogP contribution in [0.5, 0.6) is 5.75 Å². The summed E-state index contributed by atoms with van der Waals surface area (Å²) in [6, 6.07) is 6.77. The zero-order chi connectivity index (χ0) is 26.2. The molecular weight excluding hydrogens is 494 g/mol. The second-order valence-electron chi connectivity index (χ2n) is 8.58. The molecule has 10 heteroatoms. The molecule has 0 aromatic heterocycles. The van der Waals surface area contributed by atoms with E-state index < -0.39 is 23.1 Å². The number of carbonyl (C=O) groups excluding carboxylic acids is 3. The van der Waals surface area contributed by atoms with Crippen LogP contribution in [0.1, 0.15) is 58.9 Å². The number of hydrogen-bond donors (Lipinski definition) is 2. The lowest BCUT2D eigenvalue weighted by molar-refractivity contribution is -0.149. The summed E-state index contributed by atoms with van der Waals surface area (Å²) in [5.41, 5.74) is 0.429. The Morgan fingerprint density at radius 1 is 0.972 bits per heavy atom. The minimum Gasteiger partial charge on any atom is -0.490 e. The van der Waals surface area contributed by atoms with E-state index in [4.69, 9.17) is 21.1 Å². The lowest BCUT2D eigenvalue weighted by Crippen LogP contribution is -2.35. The highest BCUT2D eigenvalue weighted by molar-refractivity contribution is 6.31. The zero-order valence-electron chi connectivity index (χ0n) is 20.2. The topological polar surface area (TPSA) is 93.7 Å². The Bertz CT molecular complexity index is 1100. The molecule has 1 saturated carbocycles. The monoisotopic (exact) mass is 522 g/mol. The summed E-state index contributed by atoms with van der Waals surface area (Å²) in [5.74, 6) is -3.85. The van der Waals surface area contributed by atoms with Crippen LogP contribution in [0.25, 0.3) is 0 Å². The number of nitrogens with one attached hydrogen (secondary N) is 2. The van der Waals surface area contributed by atoms with Gasteiger partial charge in [-0.1, -0.05) is 11.6 Å². The molecule has 0 saturated heterocycles. The molecule has 7 nitrogen and oxygen atoms in total. The van der Waals surface area contributed by atoms with Gasteiger partial charge in [0.05, 0.1) is 18.6 Å². The van der Waals surface area contributed by atoms with E-state index >= 15 is 0 Å². The van der Waals surface area contributed by atoms with Crippen molar-refractivity contribution in [2.75, 3.05) is 19.7 Å². The fraction of sp³-hybridized carbons (Fsp3) is 0.423. The minimum absolute atomic E-state index is 0.0216. The molecule has 0 bridgehead atoms. The van der Waals surface area contributed by atoms with Crippen molar-refractivity contribution in [3.8, 4) is 5.75 Å². The van der Waals surface area contributed by atoms with Crippen molar-refractivity contribution in [3.63, 3.8) is 0 Å². The van der Waals surface area contributed by atoms with Crippen molar-refractivity contribution in [2.24, 2.45) is 5.92 Å². The number of esters is 1. The van der Waals surface area contributed by atoms with Crippen LogP contribution in [0.3, 0.4) is 0 Å². The number of benzene rings is 2. The Labute approximate surface area is 213 Å². The fourth-order valence-electron chi connectivity index (χ4n) is 4.03. The number of halogens is 3. The lowest BCUT2D eigenvalue weighted by Gasteiger charge is -2.27. The molecule has 1 fully saturated rings. The molecule has 1 aliphatic rings. The van der Waals surface area contributed by atoms with Gasteiger partial charge in [0.25, 0.3) is 11.8 Å². The molecule has 0 aliphatic heterocycles. The molecule has 36 heavy (non-hydrogen) atoms. The molecule has 0 atom stereocenters. The third-order valence-electron chi connectivity index (χ3n) is 5.96. The number of aryl methyl sites for hydroxylation is 1. The first kappa shape index (κ1) is 27.4. The molecule has 2 amide bonds. The average Bonchev–Trinajstić information content (AvgIpc) is 2.83. The second-order valence-corrected chi connectivity index (χ2v) is 8.99. The molecule has 0 radical (unpaired) electrons. The molecule has 2 aromatic carbocycles. The number of ether oxygens (including phenoxy) is 2. The largest absolute Gasteiger partial charge is 0.490 e. The molecule has 0 spiro atoms. The Kier molecular flexibility index (Phi) is 9.64. The van der Waals surface area contributed by atoms with Crippen LogP contribution in [0.15, 0.2) is 30.3 Å². The predicted molar refractivity (Wildman–Crippen MR) is 130 cm³/mol. The quantitative estimate of drug-likeness (QED) is 0.371. The van der Waals surface area contributed by atoms with Gasteiger partial charge in [-0.25, -0.2) is 8.78 Å². The highest BCUT2D eigenvalue weighted by atomic mass is 35.5. The van der Waals surface area contributed by atoms with Gasteiger partial charge in [0.1, 0.15) is 22.9 Å². The summed E-state index contributed by atoms with van der Waals surface area (Å²) in [6.45, 7) is 3.88. The smallest absolute Gasteiger partial charge is 0.308 e. The maximum absolute atomic E-state index is 14.6. The van der Waals surface area contributed by atoms with E-state index in [9.17, 15) is 23.2 Å². The molecule has 0 unspecified atom stereocenters. The molecular formula is C26H29ClF2N2O5. The number of rotatable bonds is 9. The second kappa shape index (κ2) is 12.7. The van der Waals surface area contributed by atoms with Crippen molar-refractivity contribution in [2.45, 2.75) is 45.6 Å². The predicted octanol–water partition coefficient (Wildman–Crippen LogP) is 4.59. The lowest BCUT2D eigenvalue weighted by atomic mass is 9.87. The van der Waals surface area contributed by atoms with Gasteiger partial charge in [-0.15, -0.1) is 0 Å². The van der Waals surface area contributed by atoms with E-state index in [1.54, 1.807) is 32.0 Å². The first-order valence-corrected chi connectivity index (χ1v) is 12.2. The standard InChI is InChI=1S/C26H29ClF2N2O5/c1-3-35-26(34)16-4-7-18(8-5-16)36-19-13-21(28)23(22(29)14-19)25(33)31-11-10-30-24(32)17-6-9-20(27)15(2)12-17/h6,9,12-14,16,18H,3-5,7-8,10-11H2,1-2H3,(H,30,32)(H,31,33). The minimum atomic E-state index is -1.05. The molecule has 1 aliphatic carbocycles. The van der Waals surface area contributed by atoms with E-state index in [1.807, 2.05) is 0 Å². The number of amides is 2. The molecule has 3 rings (SSSR count). The first-order chi connectivity index (χ1) is 17.2. The maximum atomic E-state index is 14.6. The van der Waals surface area contributed by atoms with Gasteiger partial charge in [-0.3, -0.25) is 14.4 Å². The summed E-state index contributed by atoms with van der Waals surface area (Å²) in [4.78, 5) is 36.4. The van der Waals surface area contributed by atoms with Gasteiger partial charge in [-0.2, -0.15) is 0 Å². The van der Waals surface area contributed by atoms with E-state index in [0.717, 1.165) is 17.7 Å². The van der Waals surface area contributed by atoms with Crippen LogP contribution in [-0.4, -0.2) is 43.6 Å². The van der Waals surface area contributed by atoms with Crippen LogP contribution < -0.4 is 15.4 Å². The Morgan fingerprint density at radius 2 is 1.58 bits per heavy atom. The Morgan fingerprint density at radius 3 is 2.17 bits per heavy atom. The first-order valence-electron chi connectivity index (χ1n) is 11.8. The summed E-state index contributed by atoms with van der Waals surface area (Å²) in [6.07, 6.45) is 1.96. The van der Waals surface area contributed by atoms with Crippen molar-refractivity contribution >= 4 is 29.4 Å². The van der Waals surface area contributed by atoms with Crippen LogP contribution in [0.2, 0.25) is 5.02 Å². The highest BCUT2D eigenvalue weighted by Crippen LogP contribution is 2.30. The zero-order valence-corrected chi connectivity index (χ0v) is 20.9.